The molecule has 1 saturated carbocycles. The van der Waals surface area contributed by atoms with Crippen LogP contribution in [0.5, 0.6) is 0 Å². The molecule has 5 heteroatoms. The molecule has 20 heavy (non-hydrogen) atoms. The van der Waals surface area contributed by atoms with Gasteiger partial charge in [-0.15, -0.1) is 0 Å². The van der Waals surface area contributed by atoms with Crippen LogP contribution in [0.2, 0.25) is 0 Å². The van der Waals surface area contributed by atoms with Gasteiger partial charge < -0.3 is 5.32 Å². The number of aryl methyl sites for hydroxylation is 1. The predicted molar refractivity (Wildman–Crippen MR) is 82.2 cm³/mol. The van der Waals surface area contributed by atoms with Gasteiger partial charge >= 0.3 is 0 Å². The first kappa shape index (κ1) is 14.8. The quantitative estimate of drug-likeness (QED) is 0.910. The third-order valence-corrected chi connectivity index (χ3v) is 3.84. The first-order valence-electron chi connectivity index (χ1n) is 7.69. The number of aromatic nitrogens is 4. The van der Waals surface area contributed by atoms with Crippen LogP contribution in [0.1, 0.15) is 63.4 Å². The lowest BCUT2D eigenvalue weighted by Crippen LogP contribution is -2.10. The molecule has 1 aliphatic rings. The van der Waals surface area contributed by atoms with E-state index >= 15 is 0 Å². The van der Waals surface area contributed by atoms with E-state index in [-0.39, 0.29) is 0 Å². The molecule has 1 aliphatic carbocycles. The highest BCUT2D eigenvalue weighted by Crippen LogP contribution is 2.33. The molecule has 2 heterocycles. The van der Waals surface area contributed by atoms with Crippen molar-refractivity contribution in [3.05, 3.63) is 17.8 Å². The molecule has 0 saturated heterocycles. The molecule has 1 N–H and O–H groups in total. The highest BCUT2D eigenvalue weighted by molar-refractivity contribution is 5.70. The fourth-order valence-corrected chi connectivity index (χ4v) is 2.93. The van der Waals surface area contributed by atoms with E-state index in [0.29, 0.717) is 5.92 Å². The first-order chi connectivity index (χ1) is 9.81. The van der Waals surface area contributed by atoms with Crippen LogP contribution in [0.3, 0.4) is 0 Å². The summed E-state index contributed by atoms with van der Waals surface area (Å²) < 4.78 is 1.98. The average Bonchev–Trinajstić information content (AvgIpc) is 2.87. The lowest BCUT2D eigenvalue weighted by Gasteiger charge is -2.19. The fourth-order valence-electron chi connectivity index (χ4n) is 2.93. The summed E-state index contributed by atoms with van der Waals surface area (Å²) in [5, 5.41) is 7.50. The van der Waals surface area contributed by atoms with E-state index in [1.807, 2.05) is 32.3 Å². The first-order valence-corrected chi connectivity index (χ1v) is 7.69. The van der Waals surface area contributed by atoms with Crippen LogP contribution in [-0.2, 0) is 0 Å². The zero-order valence-electron chi connectivity index (χ0n) is 13.0. The molecule has 5 nitrogen and oxygen atoms in total. The van der Waals surface area contributed by atoms with Crippen LogP contribution in [0.15, 0.2) is 6.33 Å². The summed E-state index contributed by atoms with van der Waals surface area (Å²) in [6.45, 7) is 6.03. The van der Waals surface area contributed by atoms with Gasteiger partial charge in [0.1, 0.15) is 17.7 Å². The Labute approximate surface area is 120 Å². The van der Waals surface area contributed by atoms with Crippen molar-refractivity contribution in [3.63, 3.8) is 0 Å². The molecule has 0 unspecified atom stereocenters. The van der Waals surface area contributed by atoms with Gasteiger partial charge in [-0.2, -0.15) is 5.10 Å². The summed E-state index contributed by atoms with van der Waals surface area (Å²) in [6, 6.07) is 0. The summed E-state index contributed by atoms with van der Waals surface area (Å²) in [6.07, 6.45) is 8.04. The van der Waals surface area contributed by atoms with Crippen molar-refractivity contribution in [2.45, 2.75) is 58.8 Å². The molecule has 0 spiro atoms. The van der Waals surface area contributed by atoms with E-state index in [2.05, 4.69) is 15.4 Å². The smallest absolute Gasteiger partial charge is 0.155 e. The van der Waals surface area contributed by atoms with Gasteiger partial charge in [-0.3, -0.25) is 0 Å². The molecule has 1 fully saturated rings. The van der Waals surface area contributed by atoms with E-state index in [1.165, 1.54) is 32.1 Å². The maximum atomic E-state index is 4.74. The molecule has 0 bridgehead atoms. The van der Waals surface area contributed by atoms with Crippen molar-refractivity contribution in [1.29, 1.82) is 0 Å². The SMILES string of the molecule is CC.CNc1ncnn2c(C3CCCCC3)nc(C)c12. The Bertz CT molecular complexity index is 555. The topological polar surface area (TPSA) is 55.1 Å². The van der Waals surface area contributed by atoms with E-state index < -0.39 is 0 Å². The summed E-state index contributed by atoms with van der Waals surface area (Å²) in [5.74, 6) is 2.53. The molecular formula is C15H25N5. The summed E-state index contributed by atoms with van der Waals surface area (Å²) in [4.78, 5) is 9.00. The van der Waals surface area contributed by atoms with Crippen molar-refractivity contribution in [3.8, 4) is 0 Å². The number of fused-ring (bicyclic) bond motifs is 1. The Hall–Kier alpha value is -1.65. The molecule has 0 amide bonds. The highest BCUT2D eigenvalue weighted by Gasteiger charge is 2.23. The Morgan fingerprint density at radius 2 is 1.90 bits per heavy atom. The Morgan fingerprint density at radius 1 is 1.20 bits per heavy atom. The van der Waals surface area contributed by atoms with Gasteiger partial charge in [-0.1, -0.05) is 33.1 Å². The zero-order valence-corrected chi connectivity index (χ0v) is 13.0. The number of anilines is 1. The van der Waals surface area contributed by atoms with Gasteiger partial charge in [-0.05, 0) is 19.8 Å². The van der Waals surface area contributed by atoms with E-state index in [9.17, 15) is 0 Å². The van der Waals surface area contributed by atoms with Crippen LogP contribution < -0.4 is 5.32 Å². The van der Waals surface area contributed by atoms with E-state index in [4.69, 9.17) is 4.98 Å². The Balaban J connectivity index is 0.000000704. The molecule has 0 atom stereocenters. The van der Waals surface area contributed by atoms with E-state index in [1.54, 1.807) is 6.33 Å². The van der Waals surface area contributed by atoms with Gasteiger partial charge in [0, 0.05) is 13.0 Å². The normalized spacial score (nSPS) is 15.8. The lowest BCUT2D eigenvalue weighted by atomic mass is 9.89. The maximum absolute atomic E-state index is 4.74. The van der Waals surface area contributed by atoms with Crippen LogP contribution in [0.4, 0.5) is 5.82 Å². The molecule has 3 rings (SSSR count). The minimum atomic E-state index is 0.555. The number of imidazole rings is 1. The number of nitrogens with one attached hydrogen (secondary N) is 1. The second-order valence-corrected chi connectivity index (χ2v) is 5.01. The van der Waals surface area contributed by atoms with E-state index in [0.717, 1.165) is 22.9 Å². The number of hydrogen-bond acceptors (Lipinski definition) is 4. The highest BCUT2D eigenvalue weighted by atomic mass is 15.3. The monoisotopic (exact) mass is 275 g/mol. The average molecular weight is 275 g/mol. The van der Waals surface area contributed by atoms with Crippen molar-refractivity contribution in [1.82, 2.24) is 19.6 Å². The molecule has 0 aliphatic heterocycles. The summed E-state index contributed by atoms with van der Waals surface area (Å²) >= 11 is 0. The molecule has 2 aromatic heterocycles. The van der Waals surface area contributed by atoms with Crippen LogP contribution in [0, 0.1) is 6.92 Å². The van der Waals surface area contributed by atoms with Crippen molar-refractivity contribution >= 4 is 11.3 Å². The van der Waals surface area contributed by atoms with Crippen molar-refractivity contribution < 1.29 is 0 Å². The Morgan fingerprint density at radius 3 is 2.55 bits per heavy atom. The van der Waals surface area contributed by atoms with Gasteiger partial charge in [0.25, 0.3) is 0 Å². The van der Waals surface area contributed by atoms with Gasteiger partial charge in [0.15, 0.2) is 5.82 Å². The van der Waals surface area contributed by atoms with Gasteiger partial charge in [-0.25, -0.2) is 14.5 Å². The van der Waals surface area contributed by atoms with Crippen LogP contribution in [0.25, 0.3) is 5.52 Å². The predicted octanol–water partition coefficient (Wildman–Crippen LogP) is 3.55. The third-order valence-electron chi connectivity index (χ3n) is 3.84. The molecule has 0 aromatic carbocycles. The second kappa shape index (κ2) is 6.68. The number of rotatable bonds is 2. The molecule has 110 valence electrons. The summed E-state index contributed by atoms with van der Waals surface area (Å²) in [7, 11) is 1.88. The van der Waals surface area contributed by atoms with Crippen LogP contribution >= 0.6 is 0 Å². The second-order valence-electron chi connectivity index (χ2n) is 5.01. The summed E-state index contributed by atoms with van der Waals surface area (Å²) in [5.41, 5.74) is 2.03. The zero-order chi connectivity index (χ0) is 14.5. The molecule has 0 radical (unpaired) electrons. The van der Waals surface area contributed by atoms with Crippen molar-refractivity contribution in [2.24, 2.45) is 0 Å². The minimum absolute atomic E-state index is 0.555. The van der Waals surface area contributed by atoms with Gasteiger partial charge in [0.05, 0.1) is 5.69 Å². The standard InChI is InChI=1S/C13H19N5.C2H6/c1-9-11-12(14-2)15-8-16-18(11)13(17-9)10-6-4-3-5-7-10;1-2/h8,10H,3-7H2,1-2H3,(H,14,15,16);1-2H3. The lowest BCUT2D eigenvalue weighted by molar-refractivity contribution is 0.423. The van der Waals surface area contributed by atoms with Gasteiger partial charge in [0.2, 0.25) is 0 Å². The largest absolute Gasteiger partial charge is 0.371 e. The minimum Gasteiger partial charge on any atom is -0.371 e. The van der Waals surface area contributed by atoms with Crippen molar-refractivity contribution in [2.75, 3.05) is 12.4 Å². The molecule has 2 aromatic rings. The number of hydrogen-bond donors (Lipinski definition) is 1. The number of nitrogens with zero attached hydrogens (tertiary/aromatic N) is 4. The molecular weight excluding hydrogens is 250 g/mol. The maximum Gasteiger partial charge on any atom is 0.155 e. The Kier molecular flexibility index (Phi) is 4.93. The van der Waals surface area contributed by atoms with Crippen LogP contribution in [-0.4, -0.2) is 26.6 Å². The third kappa shape index (κ3) is 2.62. The fraction of sp³-hybridized carbons (Fsp3) is 0.667.